The van der Waals surface area contributed by atoms with E-state index in [0.717, 1.165) is 36.1 Å². The van der Waals surface area contributed by atoms with Gasteiger partial charge < -0.3 is 9.51 Å². The number of anilines is 1. The fraction of sp³-hybridized carbons (Fsp3) is 0.333. The molecule has 1 atom stereocenters. The molecule has 26 heavy (non-hydrogen) atoms. The lowest BCUT2D eigenvalue weighted by molar-refractivity contribution is 0.390. The van der Waals surface area contributed by atoms with E-state index in [4.69, 9.17) is 4.52 Å². The first kappa shape index (κ1) is 16.8. The van der Waals surface area contributed by atoms with Crippen LogP contribution >= 0.6 is 0 Å². The molecule has 0 fully saturated rings. The van der Waals surface area contributed by atoms with E-state index in [1.54, 1.807) is 20.2 Å². The van der Waals surface area contributed by atoms with Crippen molar-refractivity contribution in [3.8, 4) is 0 Å². The van der Waals surface area contributed by atoms with Crippen LogP contribution in [-0.2, 0) is 16.4 Å². The summed E-state index contributed by atoms with van der Waals surface area (Å²) in [6.45, 7) is 3.23. The average Bonchev–Trinajstić information content (AvgIpc) is 3.24. The first-order chi connectivity index (χ1) is 12.5. The van der Waals surface area contributed by atoms with Gasteiger partial charge in [-0.05, 0) is 50.3 Å². The van der Waals surface area contributed by atoms with Crippen molar-refractivity contribution in [1.29, 1.82) is 0 Å². The zero-order valence-electron chi connectivity index (χ0n) is 14.6. The van der Waals surface area contributed by atoms with Crippen molar-refractivity contribution in [2.75, 3.05) is 4.72 Å². The van der Waals surface area contributed by atoms with Crippen LogP contribution in [0.4, 0.5) is 5.69 Å². The third-order valence-electron chi connectivity index (χ3n) is 4.88. The summed E-state index contributed by atoms with van der Waals surface area (Å²) in [5.41, 5.74) is 4.20. The second-order valence-corrected chi connectivity index (χ2v) is 8.20. The lowest BCUT2D eigenvalue weighted by Crippen LogP contribution is -2.18. The average molecular weight is 372 g/mol. The molecule has 1 aromatic carbocycles. The summed E-state index contributed by atoms with van der Waals surface area (Å²) in [4.78, 5) is 7.41. The van der Waals surface area contributed by atoms with Crippen LogP contribution in [0.2, 0.25) is 0 Å². The molecule has 0 saturated heterocycles. The molecule has 0 spiro atoms. The van der Waals surface area contributed by atoms with E-state index in [9.17, 15) is 8.42 Å². The molecule has 0 saturated carbocycles. The van der Waals surface area contributed by atoms with Crippen LogP contribution in [0.25, 0.3) is 0 Å². The van der Waals surface area contributed by atoms with Gasteiger partial charge in [0, 0.05) is 17.8 Å². The van der Waals surface area contributed by atoms with Gasteiger partial charge in [-0.3, -0.25) is 4.72 Å². The van der Waals surface area contributed by atoms with Crippen LogP contribution < -0.4 is 4.72 Å². The highest BCUT2D eigenvalue weighted by molar-refractivity contribution is 7.92. The number of benzene rings is 1. The quantitative estimate of drug-likeness (QED) is 0.732. The summed E-state index contributed by atoms with van der Waals surface area (Å²) in [5, 5.41) is 3.75. The van der Waals surface area contributed by atoms with Crippen LogP contribution in [0.15, 0.2) is 40.1 Å². The number of nitrogens with zero attached hydrogens (tertiary/aromatic N) is 2. The number of aromatic nitrogens is 3. The number of nitrogens with one attached hydrogen (secondary N) is 2. The highest BCUT2D eigenvalue weighted by Crippen LogP contribution is 2.39. The highest BCUT2D eigenvalue weighted by atomic mass is 32.2. The topological polar surface area (TPSA) is 101 Å². The summed E-state index contributed by atoms with van der Waals surface area (Å²) in [7, 11) is -3.76. The van der Waals surface area contributed by atoms with Crippen LogP contribution in [0.3, 0.4) is 0 Å². The van der Waals surface area contributed by atoms with E-state index in [1.165, 1.54) is 0 Å². The fourth-order valence-electron chi connectivity index (χ4n) is 3.78. The molecule has 0 amide bonds. The van der Waals surface area contributed by atoms with E-state index in [2.05, 4.69) is 25.9 Å². The molecule has 1 aliphatic rings. The van der Waals surface area contributed by atoms with Crippen molar-refractivity contribution in [1.82, 2.24) is 15.1 Å². The van der Waals surface area contributed by atoms with E-state index in [-0.39, 0.29) is 16.6 Å². The second-order valence-electron chi connectivity index (χ2n) is 6.58. The molecule has 2 N–H and O–H groups in total. The minimum absolute atomic E-state index is 0.107. The summed E-state index contributed by atoms with van der Waals surface area (Å²) in [6, 6.07) is 5.76. The van der Waals surface area contributed by atoms with Gasteiger partial charge in [-0.2, -0.15) is 0 Å². The maximum Gasteiger partial charge on any atom is 0.267 e. The van der Waals surface area contributed by atoms with Gasteiger partial charge in [-0.15, -0.1) is 0 Å². The van der Waals surface area contributed by atoms with E-state index < -0.39 is 10.0 Å². The Morgan fingerprint density at radius 3 is 2.85 bits per heavy atom. The van der Waals surface area contributed by atoms with Crippen molar-refractivity contribution in [3.63, 3.8) is 0 Å². The molecule has 0 radical (unpaired) electrons. The number of imidazole rings is 1. The SMILES string of the molecule is Cc1noc(C)c1S(=O)(=O)Nc1cccc2c1CCCC2c1cnc[nH]1. The summed E-state index contributed by atoms with van der Waals surface area (Å²) in [6.07, 6.45) is 6.34. The Morgan fingerprint density at radius 2 is 2.15 bits per heavy atom. The predicted octanol–water partition coefficient (Wildman–Crippen LogP) is 3.28. The van der Waals surface area contributed by atoms with Crippen LogP contribution in [0.1, 0.15) is 47.0 Å². The Labute approximate surface area is 151 Å². The maximum absolute atomic E-state index is 12.9. The van der Waals surface area contributed by atoms with Crippen molar-refractivity contribution in [2.24, 2.45) is 0 Å². The number of fused-ring (bicyclic) bond motifs is 1. The van der Waals surface area contributed by atoms with Gasteiger partial charge >= 0.3 is 0 Å². The van der Waals surface area contributed by atoms with Crippen molar-refractivity contribution in [2.45, 2.75) is 43.9 Å². The van der Waals surface area contributed by atoms with Crippen LogP contribution in [0, 0.1) is 13.8 Å². The number of sulfonamides is 1. The normalized spacial score (nSPS) is 17.1. The number of H-pyrrole nitrogens is 1. The molecule has 0 bridgehead atoms. The van der Waals surface area contributed by atoms with Crippen LogP contribution in [-0.4, -0.2) is 23.5 Å². The third-order valence-corrected chi connectivity index (χ3v) is 6.49. The lowest BCUT2D eigenvalue weighted by atomic mass is 9.80. The Balaban J connectivity index is 1.74. The van der Waals surface area contributed by atoms with Gasteiger partial charge in [0.05, 0.1) is 12.0 Å². The molecule has 3 aromatic rings. The predicted molar refractivity (Wildman–Crippen MR) is 96.6 cm³/mol. The number of rotatable bonds is 4. The zero-order chi connectivity index (χ0) is 18.3. The maximum atomic E-state index is 12.9. The molecular weight excluding hydrogens is 352 g/mol. The molecule has 1 aliphatic carbocycles. The highest BCUT2D eigenvalue weighted by Gasteiger charge is 2.28. The molecule has 1 unspecified atom stereocenters. The summed E-state index contributed by atoms with van der Waals surface area (Å²) >= 11 is 0. The number of aryl methyl sites for hydroxylation is 2. The summed E-state index contributed by atoms with van der Waals surface area (Å²) < 4.78 is 33.5. The number of hydrogen-bond donors (Lipinski definition) is 2. The molecule has 2 aromatic heterocycles. The van der Waals surface area contributed by atoms with Gasteiger partial charge in [0.1, 0.15) is 5.69 Å². The Morgan fingerprint density at radius 1 is 1.31 bits per heavy atom. The van der Waals surface area contributed by atoms with Crippen molar-refractivity contribution in [3.05, 3.63) is 59.0 Å². The van der Waals surface area contributed by atoms with Crippen LogP contribution in [0.5, 0.6) is 0 Å². The molecule has 0 aliphatic heterocycles. The monoisotopic (exact) mass is 372 g/mol. The van der Waals surface area contributed by atoms with E-state index in [0.29, 0.717) is 11.4 Å². The molecule has 136 valence electrons. The second kappa shape index (κ2) is 6.28. The van der Waals surface area contributed by atoms with Crippen molar-refractivity contribution < 1.29 is 12.9 Å². The van der Waals surface area contributed by atoms with Gasteiger partial charge in [0.15, 0.2) is 10.7 Å². The Kier molecular flexibility index (Phi) is 4.07. The smallest absolute Gasteiger partial charge is 0.267 e. The number of hydrogen-bond acceptors (Lipinski definition) is 5. The first-order valence-corrected chi connectivity index (χ1v) is 10.0. The van der Waals surface area contributed by atoms with Gasteiger partial charge in [-0.1, -0.05) is 17.3 Å². The van der Waals surface area contributed by atoms with Gasteiger partial charge in [-0.25, -0.2) is 13.4 Å². The van der Waals surface area contributed by atoms with Gasteiger partial charge in [0.25, 0.3) is 10.0 Å². The van der Waals surface area contributed by atoms with E-state index in [1.807, 2.05) is 18.3 Å². The minimum atomic E-state index is -3.76. The fourth-order valence-corrected chi connectivity index (χ4v) is 5.20. The standard InChI is InChI=1S/C18H20N4O3S/c1-11-18(12(2)25-21-11)26(23,24)22-16-8-4-5-13-14(16)6-3-7-15(13)17-9-19-10-20-17/h4-5,8-10,15,22H,3,6-7H2,1-2H3,(H,19,20). The molecule has 8 heteroatoms. The lowest BCUT2D eigenvalue weighted by Gasteiger charge is -2.26. The van der Waals surface area contributed by atoms with E-state index >= 15 is 0 Å². The largest absolute Gasteiger partial charge is 0.360 e. The molecular formula is C18H20N4O3S. The summed E-state index contributed by atoms with van der Waals surface area (Å²) in [5.74, 6) is 0.486. The Hall–Kier alpha value is -2.61. The van der Waals surface area contributed by atoms with Gasteiger partial charge in [0.2, 0.25) is 0 Å². The van der Waals surface area contributed by atoms with Crippen molar-refractivity contribution >= 4 is 15.7 Å². The minimum Gasteiger partial charge on any atom is -0.360 e. The third kappa shape index (κ3) is 2.80. The molecule has 2 heterocycles. The number of aromatic amines is 1. The zero-order valence-corrected chi connectivity index (χ0v) is 15.4. The molecule has 7 nitrogen and oxygen atoms in total. The molecule has 4 rings (SSSR count). The first-order valence-electron chi connectivity index (χ1n) is 8.53. The Bertz CT molecular complexity index is 1020.